The van der Waals surface area contributed by atoms with Crippen molar-refractivity contribution in [3.05, 3.63) is 64.7 Å². The molecule has 3 heteroatoms. The summed E-state index contributed by atoms with van der Waals surface area (Å²) >= 11 is 0. The van der Waals surface area contributed by atoms with Crippen molar-refractivity contribution >= 4 is 38.1 Å². The van der Waals surface area contributed by atoms with E-state index in [1.54, 1.807) is 0 Å². The maximum absolute atomic E-state index is 9.89. The first-order chi connectivity index (χ1) is 14.6. The molecule has 2 heterocycles. The summed E-state index contributed by atoms with van der Waals surface area (Å²) in [7, 11) is 0. The summed E-state index contributed by atoms with van der Waals surface area (Å²) in [5, 5.41) is 24.5. The van der Waals surface area contributed by atoms with E-state index in [-0.39, 0.29) is 10.8 Å². The molecule has 2 aromatic heterocycles. The Balaban J connectivity index is 2.05. The molecule has 5 rings (SSSR count). The van der Waals surface area contributed by atoms with Crippen LogP contribution in [-0.4, -0.2) is 4.40 Å². The lowest BCUT2D eigenvalue weighted by Gasteiger charge is -2.21. The molecule has 0 saturated heterocycles. The molecule has 0 bridgehead atoms. The number of hydrogen-bond donors (Lipinski definition) is 0. The first-order valence-corrected chi connectivity index (χ1v) is 10.7. The van der Waals surface area contributed by atoms with Gasteiger partial charge in [0.2, 0.25) is 0 Å². The Labute approximate surface area is 182 Å². The van der Waals surface area contributed by atoms with E-state index in [9.17, 15) is 10.5 Å². The van der Waals surface area contributed by atoms with Crippen molar-refractivity contribution in [1.29, 1.82) is 10.5 Å². The van der Waals surface area contributed by atoms with Gasteiger partial charge in [0.25, 0.3) is 0 Å². The predicted molar refractivity (Wildman–Crippen MR) is 128 cm³/mol. The van der Waals surface area contributed by atoms with Gasteiger partial charge in [-0.05, 0) is 46.2 Å². The summed E-state index contributed by atoms with van der Waals surface area (Å²) in [6.07, 6.45) is 0. The molecule has 0 fully saturated rings. The summed E-state index contributed by atoms with van der Waals surface area (Å²) < 4.78 is 2.25. The zero-order valence-electron chi connectivity index (χ0n) is 18.9. The molecular weight excluding hydrogens is 378 g/mol. The van der Waals surface area contributed by atoms with E-state index in [2.05, 4.69) is 88.4 Å². The maximum atomic E-state index is 9.89. The minimum Gasteiger partial charge on any atom is -0.308 e. The largest absolute Gasteiger partial charge is 0.308 e. The zero-order chi connectivity index (χ0) is 22.3. The van der Waals surface area contributed by atoms with Gasteiger partial charge in [0, 0.05) is 21.5 Å². The Kier molecular flexibility index (Phi) is 3.75. The second kappa shape index (κ2) is 5.99. The summed E-state index contributed by atoms with van der Waals surface area (Å²) in [6, 6.07) is 19.7. The molecule has 5 aromatic rings. The van der Waals surface area contributed by atoms with Crippen LogP contribution in [0.5, 0.6) is 0 Å². The maximum Gasteiger partial charge on any atom is 0.0995 e. The van der Waals surface area contributed by atoms with Crippen LogP contribution in [0.3, 0.4) is 0 Å². The Bertz CT molecular complexity index is 1490. The highest BCUT2D eigenvalue weighted by Crippen LogP contribution is 2.42. The van der Waals surface area contributed by atoms with E-state index in [1.807, 2.05) is 12.1 Å². The molecule has 31 heavy (non-hydrogen) atoms. The van der Waals surface area contributed by atoms with Gasteiger partial charge in [-0.1, -0.05) is 59.7 Å². The fourth-order valence-electron chi connectivity index (χ4n) is 4.99. The highest BCUT2D eigenvalue weighted by atomic mass is 14.9. The van der Waals surface area contributed by atoms with Crippen LogP contribution in [-0.2, 0) is 10.8 Å². The fraction of sp³-hybridized carbons (Fsp3) is 0.286. The summed E-state index contributed by atoms with van der Waals surface area (Å²) in [5.74, 6) is 0. The Morgan fingerprint density at radius 1 is 0.645 bits per heavy atom. The number of nitriles is 2. The topological polar surface area (TPSA) is 52.0 Å². The minimum atomic E-state index is -0.122. The second-order valence-corrected chi connectivity index (χ2v) is 10.6. The molecule has 0 radical (unpaired) electrons. The highest BCUT2D eigenvalue weighted by Gasteiger charge is 2.25. The average Bonchev–Trinajstić information content (AvgIpc) is 3.21. The van der Waals surface area contributed by atoms with Crippen molar-refractivity contribution in [3.63, 3.8) is 0 Å². The third-order valence-corrected chi connectivity index (χ3v) is 6.45. The van der Waals surface area contributed by atoms with Crippen LogP contribution in [0, 0.1) is 22.7 Å². The molecule has 3 aromatic carbocycles. The predicted octanol–water partition coefficient (Wildman–Crippen LogP) is 7.18. The van der Waals surface area contributed by atoms with E-state index < -0.39 is 0 Å². The van der Waals surface area contributed by atoms with E-state index >= 15 is 0 Å². The van der Waals surface area contributed by atoms with Gasteiger partial charge in [0.05, 0.1) is 39.8 Å². The van der Waals surface area contributed by atoms with Gasteiger partial charge >= 0.3 is 0 Å². The van der Waals surface area contributed by atoms with Crippen molar-refractivity contribution < 1.29 is 0 Å². The standard InChI is InChI=1S/C28H25N3/c1-27(2,3)22-12-20-18-8-7-9-19-21-13-23(28(4,5)6)17(15-30)11-25(21)31(26(18)19)24(20)10-16(22)14-29/h7-13H,1-6H3. The van der Waals surface area contributed by atoms with Crippen molar-refractivity contribution in [2.45, 2.75) is 52.4 Å². The molecule has 3 nitrogen and oxygen atoms in total. The minimum absolute atomic E-state index is 0.122. The van der Waals surface area contributed by atoms with Gasteiger partial charge in [0.15, 0.2) is 0 Å². The van der Waals surface area contributed by atoms with Crippen LogP contribution >= 0.6 is 0 Å². The number of hydrogen-bond acceptors (Lipinski definition) is 2. The third-order valence-electron chi connectivity index (χ3n) is 6.45. The van der Waals surface area contributed by atoms with Crippen LogP contribution in [0.15, 0.2) is 42.5 Å². The van der Waals surface area contributed by atoms with Crippen molar-refractivity contribution in [2.24, 2.45) is 0 Å². The lowest BCUT2D eigenvalue weighted by atomic mass is 9.82. The number of para-hydroxylation sites is 1. The molecule has 0 unspecified atom stereocenters. The number of nitrogens with zero attached hydrogens (tertiary/aromatic N) is 3. The quantitative estimate of drug-likeness (QED) is 0.275. The smallest absolute Gasteiger partial charge is 0.0995 e. The normalized spacial score (nSPS) is 12.8. The van der Waals surface area contributed by atoms with E-state index in [1.165, 1.54) is 10.8 Å². The van der Waals surface area contributed by atoms with Gasteiger partial charge in [-0.2, -0.15) is 10.5 Å². The average molecular weight is 404 g/mol. The molecule has 0 amide bonds. The molecule has 0 aliphatic carbocycles. The summed E-state index contributed by atoms with van der Waals surface area (Å²) in [6.45, 7) is 12.9. The van der Waals surface area contributed by atoms with Gasteiger partial charge in [-0.15, -0.1) is 0 Å². The molecule has 0 atom stereocenters. The Morgan fingerprint density at radius 2 is 1.06 bits per heavy atom. The fourth-order valence-corrected chi connectivity index (χ4v) is 4.99. The molecule has 0 saturated carbocycles. The summed E-state index contributed by atoms with van der Waals surface area (Å²) in [4.78, 5) is 0. The first-order valence-electron chi connectivity index (χ1n) is 10.7. The van der Waals surface area contributed by atoms with Crippen LogP contribution < -0.4 is 0 Å². The Morgan fingerprint density at radius 3 is 1.42 bits per heavy atom. The summed E-state index contributed by atoms with van der Waals surface area (Å²) in [5.41, 5.74) is 6.52. The van der Waals surface area contributed by atoms with Crippen LogP contribution in [0.2, 0.25) is 0 Å². The number of aromatic nitrogens is 1. The lowest BCUT2D eigenvalue weighted by Crippen LogP contribution is -2.13. The van der Waals surface area contributed by atoms with Gasteiger partial charge in [0.1, 0.15) is 0 Å². The number of benzene rings is 3. The van der Waals surface area contributed by atoms with Crippen molar-refractivity contribution in [2.75, 3.05) is 0 Å². The SMILES string of the molecule is CC(C)(C)c1cc2c3cccc4c5cc(C(C)(C)C)c(C#N)cc5n(c2cc1C#N)c34. The van der Waals surface area contributed by atoms with E-state index in [0.29, 0.717) is 11.1 Å². The lowest BCUT2D eigenvalue weighted by molar-refractivity contribution is 0.589. The molecule has 0 N–H and O–H groups in total. The van der Waals surface area contributed by atoms with Crippen LogP contribution in [0.4, 0.5) is 0 Å². The molecule has 0 spiro atoms. The number of fused-ring (bicyclic) bond motifs is 6. The monoisotopic (exact) mass is 403 g/mol. The highest BCUT2D eigenvalue weighted by molar-refractivity contribution is 6.23. The molecular formula is C28H25N3. The molecule has 0 aliphatic rings. The van der Waals surface area contributed by atoms with Crippen LogP contribution in [0.1, 0.15) is 63.8 Å². The van der Waals surface area contributed by atoms with Gasteiger partial charge in [-0.3, -0.25) is 0 Å². The molecule has 0 aliphatic heterocycles. The van der Waals surface area contributed by atoms with Crippen LogP contribution in [0.25, 0.3) is 38.1 Å². The van der Waals surface area contributed by atoms with Crippen molar-refractivity contribution in [1.82, 2.24) is 4.40 Å². The van der Waals surface area contributed by atoms with E-state index in [0.717, 1.165) is 38.4 Å². The Hall–Kier alpha value is -3.56. The van der Waals surface area contributed by atoms with Gasteiger partial charge < -0.3 is 4.40 Å². The molecule has 152 valence electrons. The van der Waals surface area contributed by atoms with Gasteiger partial charge in [-0.25, -0.2) is 0 Å². The number of rotatable bonds is 0. The zero-order valence-corrected chi connectivity index (χ0v) is 18.9. The third kappa shape index (κ3) is 2.57. The van der Waals surface area contributed by atoms with Crippen molar-refractivity contribution in [3.8, 4) is 12.1 Å². The second-order valence-electron chi connectivity index (χ2n) is 10.6. The first kappa shape index (κ1) is 19.4. The van der Waals surface area contributed by atoms with E-state index in [4.69, 9.17) is 0 Å².